The fourth-order valence-electron chi connectivity index (χ4n) is 1.63. The molecule has 0 bridgehead atoms. The first-order valence-electron chi connectivity index (χ1n) is 5.66. The number of aryl methyl sites for hydroxylation is 1. The molecule has 18 heavy (non-hydrogen) atoms. The number of benzene rings is 1. The highest BCUT2D eigenvalue weighted by Crippen LogP contribution is 2.20. The van der Waals surface area contributed by atoms with Crippen LogP contribution in [0.15, 0.2) is 36.9 Å². The van der Waals surface area contributed by atoms with Gasteiger partial charge in [0, 0.05) is 12.2 Å². The Hall–Kier alpha value is -2.10. The van der Waals surface area contributed by atoms with Crippen molar-refractivity contribution in [2.45, 2.75) is 13.3 Å². The lowest BCUT2D eigenvalue weighted by atomic mass is 10.1. The van der Waals surface area contributed by atoms with Crippen LogP contribution in [0, 0.1) is 6.92 Å². The van der Waals surface area contributed by atoms with Crippen molar-refractivity contribution in [1.29, 1.82) is 0 Å². The van der Waals surface area contributed by atoms with Crippen molar-refractivity contribution < 1.29 is 14.3 Å². The zero-order chi connectivity index (χ0) is 13.5. The summed E-state index contributed by atoms with van der Waals surface area (Å²) in [5.74, 6) is -0.571. The zero-order valence-electron chi connectivity index (χ0n) is 10.7. The van der Waals surface area contributed by atoms with E-state index in [1.54, 1.807) is 0 Å². The Kier molecular flexibility index (Phi) is 5.11. The third-order valence-electron chi connectivity index (χ3n) is 2.61. The van der Waals surface area contributed by atoms with E-state index in [9.17, 15) is 9.59 Å². The van der Waals surface area contributed by atoms with E-state index in [1.165, 1.54) is 18.1 Å². The lowest BCUT2D eigenvalue weighted by molar-refractivity contribution is -0.140. The number of ether oxygens (including phenoxy) is 1. The van der Waals surface area contributed by atoms with Gasteiger partial charge in [0.05, 0.1) is 13.5 Å². The van der Waals surface area contributed by atoms with E-state index in [0.29, 0.717) is 0 Å². The monoisotopic (exact) mass is 247 g/mol. The summed E-state index contributed by atoms with van der Waals surface area (Å²) < 4.78 is 4.58. The van der Waals surface area contributed by atoms with Crippen LogP contribution < -0.4 is 4.90 Å². The minimum absolute atomic E-state index is 0.157. The van der Waals surface area contributed by atoms with Gasteiger partial charge in [0.1, 0.15) is 0 Å². The predicted molar refractivity (Wildman–Crippen MR) is 70.4 cm³/mol. The first kappa shape index (κ1) is 14.0. The van der Waals surface area contributed by atoms with Crippen molar-refractivity contribution in [2.24, 2.45) is 0 Å². The van der Waals surface area contributed by atoms with Crippen LogP contribution in [0.25, 0.3) is 0 Å². The van der Waals surface area contributed by atoms with Crippen molar-refractivity contribution in [2.75, 3.05) is 18.6 Å². The van der Waals surface area contributed by atoms with Gasteiger partial charge in [-0.1, -0.05) is 24.8 Å². The van der Waals surface area contributed by atoms with Crippen LogP contribution in [0.3, 0.4) is 0 Å². The molecule has 96 valence electrons. The van der Waals surface area contributed by atoms with E-state index < -0.39 is 0 Å². The van der Waals surface area contributed by atoms with E-state index in [4.69, 9.17) is 0 Å². The minimum atomic E-state index is -0.342. The Balaban J connectivity index is 2.92. The maximum Gasteiger partial charge on any atom is 0.307 e. The molecule has 0 fully saturated rings. The van der Waals surface area contributed by atoms with Gasteiger partial charge < -0.3 is 9.64 Å². The smallest absolute Gasteiger partial charge is 0.307 e. The van der Waals surface area contributed by atoms with E-state index in [2.05, 4.69) is 11.3 Å². The molecular formula is C14H17NO3. The fraction of sp³-hybridized carbons (Fsp3) is 0.286. The number of amides is 1. The average Bonchev–Trinajstić information content (AvgIpc) is 2.40. The molecule has 0 saturated carbocycles. The van der Waals surface area contributed by atoms with Gasteiger partial charge in [0.25, 0.3) is 0 Å². The maximum absolute atomic E-state index is 11.8. The van der Waals surface area contributed by atoms with Gasteiger partial charge in [-0.15, -0.1) is 0 Å². The third-order valence-corrected chi connectivity index (χ3v) is 2.61. The Morgan fingerprint density at radius 2 is 2.06 bits per heavy atom. The largest absolute Gasteiger partial charge is 0.469 e. The summed E-state index contributed by atoms with van der Waals surface area (Å²) in [6, 6.07) is 7.50. The second-order valence-electron chi connectivity index (χ2n) is 3.81. The molecule has 4 heteroatoms. The van der Waals surface area contributed by atoms with Crippen molar-refractivity contribution >= 4 is 17.6 Å². The first-order valence-corrected chi connectivity index (χ1v) is 5.66. The Bertz CT molecular complexity index is 454. The van der Waals surface area contributed by atoms with Crippen LogP contribution in [-0.2, 0) is 14.3 Å². The molecule has 0 aliphatic rings. The number of carbonyl (C=O) groups is 2. The quantitative estimate of drug-likeness (QED) is 0.591. The fourth-order valence-corrected chi connectivity index (χ4v) is 1.63. The van der Waals surface area contributed by atoms with Gasteiger partial charge in [-0.25, -0.2) is 0 Å². The highest BCUT2D eigenvalue weighted by Gasteiger charge is 2.16. The second-order valence-corrected chi connectivity index (χ2v) is 3.81. The van der Waals surface area contributed by atoms with Crippen molar-refractivity contribution in [3.05, 3.63) is 42.5 Å². The normalized spacial score (nSPS) is 9.67. The number of hydrogen-bond donors (Lipinski definition) is 0. The van der Waals surface area contributed by atoms with Crippen molar-refractivity contribution in [3.8, 4) is 0 Å². The molecule has 0 aromatic heterocycles. The van der Waals surface area contributed by atoms with Crippen LogP contribution in [0.5, 0.6) is 0 Å². The van der Waals surface area contributed by atoms with E-state index in [0.717, 1.165) is 11.3 Å². The predicted octanol–water partition coefficient (Wildman–Crippen LogP) is 2.08. The minimum Gasteiger partial charge on any atom is -0.469 e. The summed E-state index contributed by atoms with van der Waals surface area (Å²) in [4.78, 5) is 24.5. The molecular weight excluding hydrogens is 230 g/mol. The van der Waals surface area contributed by atoms with Crippen LogP contribution in [0.4, 0.5) is 5.69 Å². The summed E-state index contributed by atoms with van der Waals surface area (Å²) in [6.07, 6.45) is 1.40. The molecule has 1 aromatic rings. The van der Waals surface area contributed by atoms with E-state index >= 15 is 0 Å². The van der Waals surface area contributed by atoms with E-state index in [1.807, 2.05) is 31.2 Å². The number of nitrogens with zero attached hydrogens (tertiary/aromatic N) is 1. The molecule has 0 aliphatic heterocycles. The van der Waals surface area contributed by atoms with Crippen molar-refractivity contribution in [3.63, 3.8) is 0 Å². The molecule has 0 atom stereocenters. The Labute approximate surface area is 107 Å². The lowest BCUT2D eigenvalue weighted by Gasteiger charge is -2.22. The zero-order valence-corrected chi connectivity index (χ0v) is 10.7. The summed E-state index contributed by atoms with van der Waals surface area (Å²) in [6.45, 7) is 5.67. The molecule has 0 spiro atoms. The summed E-state index contributed by atoms with van der Waals surface area (Å²) in [7, 11) is 1.33. The SMILES string of the molecule is C=CC(=O)N(CCC(=O)OC)c1ccccc1C. The number of carbonyl (C=O) groups excluding carboxylic acids is 2. The summed E-state index contributed by atoms with van der Waals surface area (Å²) in [5.41, 5.74) is 1.75. The molecule has 1 amide bonds. The molecule has 4 nitrogen and oxygen atoms in total. The van der Waals surface area contributed by atoms with Gasteiger partial charge in [0.2, 0.25) is 5.91 Å². The molecule has 0 N–H and O–H groups in total. The summed E-state index contributed by atoms with van der Waals surface area (Å²) in [5, 5.41) is 0. The third kappa shape index (κ3) is 3.45. The second kappa shape index (κ2) is 6.59. The molecule has 0 unspecified atom stereocenters. The Morgan fingerprint density at radius 3 is 2.61 bits per heavy atom. The number of para-hydroxylation sites is 1. The first-order chi connectivity index (χ1) is 8.60. The number of anilines is 1. The number of hydrogen-bond acceptors (Lipinski definition) is 3. The van der Waals surface area contributed by atoms with Gasteiger partial charge in [-0.3, -0.25) is 9.59 Å². The van der Waals surface area contributed by atoms with Crippen LogP contribution >= 0.6 is 0 Å². The molecule has 0 saturated heterocycles. The van der Waals surface area contributed by atoms with Crippen LogP contribution in [0.2, 0.25) is 0 Å². The van der Waals surface area contributed by atoms with Gasteiger partial charge in [0.15, 0.2) is 0 Å². The molecule has 1 aromatic carbocycles. The topological polar surface area (TPSA) is 46.6 Å². The van der Waals surface area contributed by atoms with Crippen LogP contribution in [-0.4, -0.2) is 25.5 Å². The average molecular weight is 247 g/mol. The van der Waals surface area contributed by atoms with Crippen molar-refractivity contribution in [1.82, 2.24) is 0 Å². The van der Waals surface area contributed by atoms with E-state index in [-0.39, 0.29) is 24.8 Å². The maximum atomic E-state index is 11.8. The molecule has 0 aliphatic carbocycles. The number of esters is 1. The van der Waals surface area contributed by atoms with Gasteiger partial charge in [-0.2, -0.15) is 0 Å². The highest BCUT2D eigenvalue weighted by molar-refractivity contribution is 6.01. The highest BCUT2D eigenvalue weighted by atomic mass is 16.5. The molecule has 0 heterocycles. The van der Waals surface area contributed by atoms with Crippen LogP contribution in [0.1, 0.15) is 12.0 Å². The summed E-state index contributed by atoms with van der Waals surface area (Å²) >= 11 is 0. The number of rotatable bonds is 5. The van der Waals surface area contributed by atoms with Gasteiger partial charge in [-0.05, 0) is 24.6 Å². The molecule has 0 radical (unpaired) electrons. The Morgan fingerprint density at radius 1 is 1.39 bits per heavy atom. The lowest BCUT2D eigenvalue weighted by Crippen LogP contribution is -2.32. The standard InChI is InChI=1S/C14H17NO3/c1-4-13(16)15(10-9-14(17)18-3)12-8-6-5-7-11(12)2/h4-8H,1,9-10H2,2-3H3. The van der Waals surface area contributed by atoms with Gasteiger partial charge >= 0.3 is 5.97 Å². The number of methoxy groups -OCH3 is 1. The molecule has 1 rings (SSSR count).